The third kappa shape index (κ3) is 6.39. The maximum atomic E-state index is 14.3. The van der Waals surface area contributed by atoms with Crippen LogP contribution in [0.2, 0.25) is 0 Å². The predicted molar refractivity (Wildman–Crippen MR) is 123 cm³/mol. The quantitative estimate of drug-likeness (QED) is 0.672. The molecule has 6 nitrogen and oxygen atoms in total. The van der Waals surface area contributed by atoms with Crippen LogP contribution in [-0.4, -0.2) is 60.0 Å². The molecule has 34 heavy (non-hydrogen) atoms. The van der Waals surface area contributed by atoms with E-state index in [2.05, 4.69) is 5.32 Å². The highest BCUT2D eigenvalue weighted by atomic mass is 19.1. The fraction of sp³-hybridized carbons (Fsp3) is 0.500. The van der Waals surface area contributed by atoms with E-state index in [1.54, 1.807) is 0 Å². The van der Waals surface area contributed by atoms with Gasteiger partial charge in [0, 0.05) is 24.7 Å². The molecule has 2 N–H and O–H groups in total. The number of nitrogens with one attached hydrogen (secondary N) is 1. The van der Waals surface area contributed by atoms with Gasteiger partial charge in [-0.2, -0.15) is 0 Å². The molecule has 2 heterocycles. The van der Waals surface area contributed by atoms with Gasteiger partial charge in [0.2, 0.25) is 5.91 Å². The average Bonchev–Trinajstić information content (AvgIpc) is 2.80. The monoisotopic (exact) mass is 474 g/mol. The lowest BCUT2D eigenvalue weighted by Crippen LogP contribution is -2.55. The van der Waals surface area contributed by atoms with E-state index < -0.39 is 17.7 Å². The molecular formula is C26H32F2N2O4. The molecule has 0 spiro atoms. The van der Waals surface area contributed by atoms with Crippen LogP contribution in [0, 0.1) is 11.6 Å². The van der Waals surface area contributed by atoms with Crippen LogP contribution in [0.3, 0.4) is 0 Å². The number of rotatable bonds is 6. The van der Waals surface area contributed by atoms with E-state index in [0.29, 0.717) is 12.8 Å². The summed E-state index contributed by atoms with van der Waals surface area (Å²) in [4.78, 5) is 14.6. The number of fused-ring (bicyclic) bond motifs is 1. The Morgan fingerprint density at radius 3 is 2.76 bits per heavy atom. The van der Waals surface area contributed by atoms with Crippen LogP contribution in [0.15, 0.2) is 48.5 Å². The highest BCUT2D eigenvalue weighted by Crippen LogP contribution is 2.29. The number of hydrogen-bond donors (Lipinski definition) is 2. The van der Waals surface area contributed by atoms with Crippen LogP contribution in [0.5, 0.6) is 0 Å². The molecule has 0 unspecified atom stereocenters. The molecule has 2 saturated heterocycles. The minimum atomic E-state index is -0.736. The van der Waals surface area contributed by atoms with Gasteiger partial charge in [-0.05, 0) is 43.5 Å². The summed E-state index contributed by atoms with van der Waals surface area (Å²) < 4.78 is 39.9. The van der Waals surface area contributed by atoms with Crippen LogP contribution < -0.4 is 5.32 Å². The van der Waals surface area contributed by atoms with Crippen molar-refractivity contribution in [1.29, 1.82) is 0 Å². The second kappa shape index (κ2) is 11.4. The fourth-order valence-corrected chi connectivity index (χ4v) is 4.84. The lowest BCUT2D eigenvalue weighted by Gasteiger charge is -2.44. The first-order valence-corrected chi connectivity index (χ1v) is 11.8. The van der Waals surface area contributed by atoms with Crippen molar-refractivity contribution < 1.29 is 28.2 Å². The zero-order valence-corrected chi connectivity index (χ0v) is 19.3. The van der Waals surface area contributed by atoms with E-state index >= 15 is 0 Å². The predicted octanol–water partition coefficient (Wildman–Crippen LogP) is 3.34. The van der Waals surface area contributed by atoms with Gasteiger partial charge in [-0.15, -0.1) is 0 Å². The van der Waals surface area contributed by atoms with Crippen LogP contribution in [-0.2, 0) is 20.8 Å². The lowest BCUT2D eigenvalue weighted by atomic mass is 9.94. The zero-order valence-electron chi connectivity index (χ0n) is 19.3. The molecule has 2 aromatic rings. The molecule has 5 atom stereocenters. The summed E-state index contributed by atoms with van der Waals surface area (Å²) in [6, 6.07) is 12.9. The maximum Gasteiger partial charge on any atom is 0.223 e. The molecule has 0 aliphatic carbocycles. The Morgan fingerprint density at radius 1 is 1.18 bits per heavy atom. The summed E-state index contributed by atoms with van der Waals surface area (Å²) in [7, 11) is 0. The van der Waals surface area contributed by atoms with E-state index in [1.807, 2.05) is 42.2 Å². The van der Waals surface area contributed by atoms with Crippen molar-refractivity contribution >= 4 is 5.91 Å². The second-order valence-corrected chi connectivity index (χ2v) is 9.20. The number of benzene rings is 2. The fourth-order valence-electron chi connectivity index (χ4n) is 4.84. The van der Waals surface area contributed by atoms with E-state index in [-0.39, 0.29) is 68.5 Å². The first-order valence-electron chi connectivity index (χ1n) is 11.8. The van der Waals surface area contributed by atoms with Gasteiger partial charge in [0.1, 0.15) is 11.6 Å². The van der Waals surface area contributed by atoms with E-state index in [0.717, 1.165) is 17.7 Å². The van der Waals surface area contributed by atoms with Crippen molar-refractivity contribution in [1.82, 2.24) is 10.2 Å². The number of ether oxygens (including phenoxy) is 2. The minimum absolute atomic E-state index is 0.0827. The Morgan fingerprint density at radius 2 is 1.97 bits per heavy atom. The summed E-state index contributed by atoms with van der Waals surface area (Å²) in [6.07, 6.45) is 0.255. The van der Waals surface area contributed by atoms with Crippen molar-refractivity contribution in [3.8, 4) is 0 Å². The van der Waals surface area contributed by atoms with Gasteiger partial charge in [-0.25, -0.2) is 8.78 Å². The van der Waals surface area contributed by atoms with Crippen molar-refractivity contribution in [2.45, 2.75) is 63.1 Å². The Balaban J connectivity index is 1.39. The normalized spacial score (nSPS) is 26.7. The summed E-state index contributed by atoms with van der Waals surface area (Å²) in [6.45, 7) is 2.77. The number of aliphatic hydroxyl groups is 1. The molecule has 2 aliphatic heterocycles. The number of hydrogen-bond acceptors (Lipinski definition) is 5. The lowest BCUT2D eigenvalue weighted by molar-refractivity contribution is -0.158. The van der Waals surface area contributed by atoms with Gasteiger partial charge in [-0.3, -0.25) is 9.69 Å². The van der Waals surface area contributed by atoms with E-state index in [9.17, 15) is 18.7 Å². The molecule has 4 rings (SSSR count). The van der Waals surface area contributed by atoms with Crippen LogP contribution in [0.25, 0.3) is 0 Å². The highest BCUT2D eigenvalue weighted by Gasteiger charge is 2.38. The third-order valence-corrected chi connectivity index (χ3v) is 6.56. The first kappa shape index (κ1) is 24.7. The van der Waals surface area contributed by atoms with Crippen molar-refractivity contribution in [2.75, 3.05) is 19.8 Å². The number of nitrogens with zero attached hydrogens (tertiary/aromatic N) is 1. The largest absolute Gasteiger partial charge is 0.389 e. The molecule has 0 radical (unpaired) electrons. The van der Waals surface area contributed by atoms with Crippen LogP contribution in [0.1, 0.15) is 43.4 Å². The number of amides is 1. The molecule has 1 amide bonds. The molecule has 8 heteroatoms. The number of halogens is 2. The van der Waals surface area contributed by atoms with Crippen molar-refractivity contribution in [2.24, 2.45) is 0 Å². The van der Waals surface area contributed by atoms with E-state index in [4.69, 9.17) is 9.47 Å². The number of β-amino-alcohol motifs (C(OH)–C–C–N with tert-alkyl or cyclic N) is 1. The summed E-state index contributed by atoms with van der Waals surface area (Å²) in [5.74, 6) is -1.06. The number of carbonyl (C=O) groups is 1. The first-order chi connectivity index (χ1) is 16.4. The van der Waals surface area contributed by atoms with E-state index in [1.165, 1.54) is 6.07 Å². The maximum absolute atomic E-state index is 14.3. The minimum Gasteiger partial charge on any atom is -0.389 e. The summed E-state index contributed by atoms with van der Waals surface area (Å²) in [5.41, 5.74) is 1.27. The second-order valence-electron chi connectivity index (χ2n) is 9.20. The molecule has 2 aromatic carbocycles. The van der Waals surface area contributed by atoms with Gasteiger partial charge in [-0.1, -0.05) is 30.3 Å². The Hall–Kier alpha value is -2.39. The molecule has 0 aromatic heterocycles. The Bertz CT molecular complexity index is 961. The Kier molecular flexibility index (Phi) is 8.26. The molecule has 0 saturated carbocycles. The topological polar surface area (TPSA) is 71.0 Å². The molecule has 2 aliphatic rings. The smallest absolute Gasteiger partial charge is 0.223 e. The van der Waals surface area contributed by atoms with Gasteiger partial charge >= 0.3 is 0 Å². The molecular weight excluding hydrogens is 442 g/mol. The zero-order chi connectivity index (χ0) is 24.1. The van der Waals surface area contributed by atoms with Crippen molar-refractivity contribution in [3.05, 3.63) is 71.3 Å². The van der Waals surface area contributed by atoms with Gasteiger partial charge in [0.25, 0.3) is 0 Å². The van der Waals surface area contributed by atoms with Gasteiger partial charge in [0.15, 0.2) is 0 Å². The SMILES string of the molecule is C[C@H](NC(=O)C[C@H]1CC[C@@H]2[C@H](COC[C@H](O)CN2Cc2cc(F)ccc2F)O1)c1ccccc1. The highest BCUT2D eigenvalue weighted by molar-refractivity contribution is 5.77. The molecule has 2 fully saturated rings. The molecule has 0 bridgehead atoms. The number of aliphatic hydroxyl groups excluding tert-OH is 1. The summed E-state index contributed by atoms with van der Waals surface area (Å²) >= 11 is 0. The summed E-state index contributed by atoms with van der Waals surface area (Å²) in [5, 5.41) is 13.3. The average molecular weight is 475 g/mol. The number of carbonyl (C=O) groups excluding carboxylic acids is 1. The van der Waals surface area contributed by atoms with Crippen molar-refractivity contribution in [3.63, 3.8) is 0 Å². The van der Waals surface area contributed by atoms with Gasteiger partial charge < -0.3 is 19.9 Å². The third-order valence-electron chi connectivity index (χ3n) is 6.56. The standard InChI is InChI=1S/C26H32F2N2O4/c1-17(18-5-3-2-4-6-18)29-26(32)12-22-8-10-24-25(34-22)16-33-15-21(31)14-30(24)13-19-11-20(27)7-9-23(19)28/h2-7,9,11,17,21-22,24-25,31H,8,10,12-16H2,1H3,(H,29,32)/t17-,21+,22+,24+,25-/m0/s1. The molecule has 184 valence electrons. The van der Waals surface area contributed by atoms with Crippen LogP contribution in [0.4, 0.5) is 8.78 Å². The Labute approximate surface area is 198 Å². The van der Waals surface area contributed by atoms with Gasteiger partial charge in [0.05, 0.1) is 44.0 Å². The van der Waals surface area contributed by atoms with Crippen LogP contribution >= 0.6 is 0 Å².